The Morgan fingerprint density at radius 2 is 2.43 bits per heavy atom. The summed E-state index contributed by atoms with van der Waals surface area (Å²) in [6.45, 7) is 0.441. The molecule has 0 spiro atoms. The van der Waals surface area contributed by atoms with Crippen molar-refractivity contribution in [3.63, 3.8) is 0 Å². The second-order valence-electron chi connectivity index (χ2n) is 3.11. The van der Waals surface area contributed by atoms with Gasteiger partial charge in [0.05, 0.1) is 15.1 Å². The molecule has 2 aromatic heterocycles. The average molecular weight is 212 g/mol. The Morgan fingerprint density at radius 3 is 3.07 bits per heavy atom. The third-order valence-corrected chi connectivity index (χ3v) is 3.34. The zero-order valence-electron chi connectivity index (χ0n) is 7.74. The first kappa shape index (κ1) is 9.51. The van der Waals surface area contributed by atoms with E-state index in [1.807, 2.05) is 6.07 Å². The van der Waals surface area contributed by atoms with Crippen molar-refractivity contribution in [3.05, 3.63) is 17.1 Å². The first-order valence-corrected chi connectivity index (χ1v) is 5.17. The smallest absolute Gasteiger partial charge is 0.156 e. The molecular weight excluding hydrogens is 200 g/mol. The SMILES string of the molecule is CNCC(O)c1sc2cc[nH]c2c1O. The van der Waals surface area contributed by atoms with E-state index in [0.717, 1.165) is 4.70 Å². The lowest BCUT2D eigenvalue weighted by Crippen LogP contribution is -2.15. The number of likely N-dealkylation sites (N-methyl/N-ethyl adjacent to an activating group) is 1. The van der Waals surface area contributed by atoms with Crippen LogP contribution < -0.4 is 5.32 Å². The third-order valence-electron chi connectivity index (χ3n) is 2.10. The van der Waals surface area contributed by atoms with Crippen molar-refractivity contribution in [1.29, 1.82) is 0 Å². The van der Waals surface area contributed by atoms with Crippen LogP contribution in [0.25, 0.3) is 10.2 Å². The zero-order valence-corrected chi connectivity index (χ0v) is 8.56. The standard InChI is InChI=1S/C9H12N2O2S/c1-10-4-5(12)9-8(13)7-6(14-9)2-3-11-7/h2-3,5,10-13H,4H2,1H3. The monoisotopic (exact) mass is 212 g/mol. The summed E-state index contributed by atoms with van der Waals surface area (Å²) in [6.07, 6.45) is 1.13. The molecule has 76 valence electrons. The molecule has 2 rings (SSSR count). The highest BCUT2D eigenvalue weighted by Gasteiger charge is 2.18. The van der Waals surface area contributed by atoms with Crippen LogP contribution in [-0.4, -0.2) is 28.8 Å². The molecule has 0 bridgehead atoms. The second-order valence-corrected chi connectivity index (χ2v) is 4.19. The normalized spacial score (nSPS) is 13.6. The minimum absolute atomic E-state index is 0.165. The van der Waals surface area contributed by atoms with Crippen molar-refractivity contribution in [2.75, 3.05) is 13.6 Å². The molecule has 0 saturated carbocycles. The van der Waals surface area contributed by atoms with Crippen LogP contribution in [0.5, 0.6) is 5.75 Å². The maximum Gasteiger partial charge on any atom is 0.156 e. The van der Waals surface area contributed by atoms with E-state index in [4.69, 9.17) is 0 Å². The Morgan fingerprint density at radius 1 is 1.64 bits per heavy atom. The minimum Gasteiger partial charge on any atom is -0.505 e. The first-order valence-electron chi connectivity index (χ1n) is 4.35. The van der Waals surface area contributed by atoms with Gasteiger partial charge in [0.2, 0.25) is 0 Å². The number of aliphatic hydroxyl groups is 1. The molecule has 2 heterocycles. The van der Waals surface area contributed by atoms with Crippen LogP contribution in [0.15, 0.2) is 12.3 Å². The highest BCUT2D eigenvalue weighted by atomic mass is 32.1. The maximum absolute atomic E-state index is 9.77. The zero-order chi connectivity index (χ0) is 10.1. The van der Waals surface area contributed by atoms with Gasteiger partial charge in [-0.3, -0.25) is 0 Å². The topological polar surface area (TPSA) is 68.3 Å². The van der Waals surface area contributed by atoms with Gasteiger partial charge in [-0.1, -0.05) is 0 Å². The van der Waals surface area contributed by atoms with Gasteiger partial charge in [-0.2, -0.15) is 0 Å². The van der Waals surface area contributed by atoms with Crippen molar-refractivity contribution < 1.29 is 10.2 Å². The lowest BCUT2D eigenvalue weighted by Gasteiger charge is -2.07. The molecule has 4 N–H and O–H groups in total. The number of thiophene rings is 1. The highest BCUT2D eigenvalue weighted by Crippen LogP contribution is 2.39. The van der Waals surface area contributed by atoms with Crippen LogP contribution in [-0.2, 0) is 0 Å². The summed E-state index contributed by atoms with van der Waals surface area (Å²) < 4.78 is 0.965. The Hall–Kier alpha value is -1.04. The summed E-state index contributed by atoms with van der Waals surface area (Å²) in [7, 11) is 1.76. The molecule has 0 aliphatic heterocycles. The molecular formula is C9H12N2O2S. The molecule has 1 unspecified atom stereocenters. The van der Waals surface area contributed by atoms with Gasteiger partial charge in [-0.15, -0.1) is 11.3 Å². The van der Waals surface area contributed by atoms with Crippen LogP contribution >= 0.6 is 11.3 Å². The fourth-order valence-corrected chi connectivity index (χ4v) is 2.48. The Bertz CT molecular complexity index is 435. The van der Waals surface area contributed by atoms with Crippen LogP contribution in [0, 0.1) is 0 Å². The summed E-state index contributed by atoms with van der Waals surface area (Å²) in [5.74, 6) is 0.165. The number of hydrogen-bond donors (Lipinski definition) is 4. The molecule has 4 nitrogen and oxygen atoms in total. The highest BCUT2D eigenvalue weighted by molar-refractivity contribution is 7.19. The van der Waals surface area contributed by atoms with Crippen LogP contribution in [0.1, 0.15) is 11.0 Å². The van der Waals surface area contributed by atoms with Gasteiger partial charge in [-0.05, 0) is 13.1 Å². The molecule has 0 aliphatic rings. The summed E-state index contributed by atoms with van der Waals surface area (Å²) in [5, 5.41) is 22.3. The summed E-state index contributed by atoms with van der Waals surface area (Å²) in [5.41, 5.74) is 0.708. The summed E-state index contributed by atoms with van der Waals surface area (Å²) in [4.78, 5) is 3.55. The number of fused-ring (bicyclic) bond motifs is 1. The van der Waals surface area contributed by atoms with Crippen molar-refractivity contribution in [2.45, 2.75) is 6.10 Å². The third kappa shape index (κ3) is 1.39. The van der Waals surface area contributed by atoms with Crippen molar-refractivity contribution >= 4 is 21.6 Å². The average Bonchev–Trinajstić information content (AvgIpc) is 2.69. The summed E-state index contributed by atoms with van der Waals surface area (Å²) in [6, 6.07) is 1.88. The van der Waals surface area contributed by atoms with Gasteiger partial charge in [0.15, 0.2) is 5.75 Å². The Balaban J connectivity index is 2.41. The molecule has 14 heavy (non-hydrogen) atoms. The Labute approximate surface area is 85.2 Å². The number of aliphatic hydroxyl groups excluding tert-OH is 1. The fraction of sp³-hybridized carbons (Fsp3) is 0.333. The number of aromatic amines is 1. The number of H-pyrrole nitrogens is 1. The molecule has 0 aromatic carbocycles. The van der Waals surface area contributed by atoms with Gasteiger partial charge in [0.25, 0.3) is 0 Å². The minimum atomic E-state index is -0.647. The molecule has 2 aromatic rings. The maximum atomic E-state index is 9.77. The molecule has 0 fully saturated rings. The first-order chi connectivity index (χ1) is 6.74. The van der Waals surface area contributed by atoms with Gasteiger partial charge in [0, 0.05) is 12.7 Å². The van der Waals surface area contributed by atoms with Crippen LogP contribution in [0.4, 0.5) is 0 Å². The van der Waals surface area contributed by atoms with E-state index in [-0.39, 0.29) is 5.75 Å². The lowest BCUT2D eigenvalue weighted by atomic mass is 10.2. The predicted octanol–water partition coefficient (Wildman–Crippen LogP) is 1.19. The van der Waals surface area contributed by atoms with E-state index in [9.17, 15) is 10.2 Å². The van der Waals surface area contributed by atoms with Crippen LogP contribution in [0.3, 0.4) is 0 Å². The number of nitrogens with one attached hydrogen (secondary N) is 2. The van der Waals surface area contributed by atoms with E-state index in [2.05, 4.69) is 10.3 Å². The molecule has 0 saturated heterocycles. The molecule has 1 atom stereocenters. The molecule has 5 heteroatoms. The number of aromatic nitrogens is 1. The van der Waals surface area contributed by atoms with Crippen LogP contribution in [0.2, 0.25) is 0 Å². The van der Waals surface area contributed by atoms with E-state index in [0.29, 0.717) is 16.9 Å². The van der Waals surface area contributed by atoms with E-state index in [1.165, 1.54) is 11.3 Å². The second kappa shape index (κ2) is 3.61. The fourth-order valence-electron chi connectivity index (χ4n) is 1.43. The van der Waals surface area contributed by atoms with Crippen molar-refractivity contribution in [3.8, 4) is 5.75 Å². The van der Waals surface area contributed by atoms with E-state index < -0.39 is 6.10 Å². The van der Waals surface area contributed by atoms with Gasteiger partial charge >= 0.3 is 0 Å². The Kier molecular flexibility index (Phi) is 2.45. The van der Waals surface area contributed by atoms with Crippen molar-refractivity contribution in [2.24, 2.45) is 0 Å². The largest absolute Gasteiger partial charge is 0.505 e. The predicted molar refractivity (Wildman–Crippen MR) is 56.7 cm³/mol. The van der Waals surface area contributed by atoms with Gasteiger partial charge in [-0.25, -0.2) is 0 Å². The molecule has 0 radical (unpaired) electrons. The molecule has 0 aliphatic carbocycles. The van der Waals surface area contributed by atoms with E-state index >= 15 is 0 Å². The number of aromatic hydroxyl groups is 1. The quantitative estimate of drug-likeness (QED) is 0.617. The lowest BCUT2D eigenvalue weighted by molar-refractivity contribution is 0.178. The molecule has 0 amide bonds. The number of hydrogen-bond acceptors (Lipinski definition) is 4. The van der Waals surface area contributed by atoms with Crippen molar-refractivity contribution in [1.82, 2.24) is 10.3 Å². The number of rotatable bonds is 3. The van der Waals surface area contributed by atoms with Gasteiger partial charge < -0.3 is 20.5 Å². The van der Waals surface area contributed by atoms with E-state index in [1.54, 1.807) is 13.2 Å². The summed E-state index contributed by atoms with van der Waals surface area (Å²) >= 11 is 1.41. The van der Waals surface area contributed by atoms with Gasteiger partial charge in [0.1, 0.15) is 6.10 Å².